The van der Waals surface area contributed by atoms with Crippen molar-refractivity contribution in [3.8, 4) is 6.01 Å². The van der Waals surface area contributed by atoms with Gasteiger partial charge in [0.05, 0.1) is 12.6 Å². The smallest absolute Gasteiger partial charge is 0.323 e. The highest BCUT2D eigenvalue weighted by atomic mass is 19.3. The first-order valence-electron chi connectivity index (χ1n) is 6.25. The van der Waals surface area contributed by atoms with Gasteiger partial charge in [0.2, 0.25) is 11.9 Å². The summed E-state index contributed by atoms with van der Waals surface area (Å²) >= 11 is 0. The van der Waals surface area contributed by atoms with Gasteiger partial charge >= 0.3 is 6.01 Å². The molecule has 0 amide bonds. The Morgan fingerprint density at radius 1 is 1.20 bits per heavy atom. The lowest BCUT2D eigenvalue weighted by atomic mass is 10.3. The fraction of sp³-hybridized carbons (Fsp3) is 0.727. The molecule has 0 bridgehead atoms. The third kappa shape index (κ3) is 5.47. The predicted molar refractivity (Wildman–Crippen MR) is 70.3 cm³/mol. The maximum absolute atomic E-state index is 13.0. The highest BCUT2D eigenvalue weighted by Gasteiger charge is 2.27. The van der Waals surface area contributed by atoms with Crippen molar-refractivity contribution in [2.75, 3.05) is 30.3 Å². The van der Waals surface area contributed by atoms with E-state index in [2.05, 4.69) is 25.6 Å². The fourth-order valence-corrected chi connectivity index (χ4v) is 1.20. The summed E-state index contributed by atoms with van der Waals surface area (Å²) in [6.45, 7) is 3.98. The van der Waals surface area contributed by atoms with Crippen LogP contribution in [0.5, 0.6) is 6.01 Å². The number of aliphatic hydroxyl groups excluding tert-OH is 1. The van der Waals surface area contributed by atoms with Gasteiger partial charge in [-0.3, -0.25) is 0 Å². The SMILES string of the molecule is CCNc1nc(NCC(F)(F)CO)nc(OC(C)C)n1. The molecule has 0 aromatic carbocycles. The quantitative estimate of drug-likeness (QED) is 0.661. The molecule has 0 saturated heterocycles. The molecule has 1 aromatic heterocycles. The molecule has 7 nitrogen and oxygen atoms in total. The van der Waals surface area contributed by atoms with Crippen LogP contribution in [-0.4, -0.2) is 51.8 Å². The van der Waals surface area contributed by atoms with E-state index < -0.39 is 19.1 Å². The molecule has 0 saturated carbocycles. The maximum atomic E-state index is 13.0. The lowest BCUT2D eigenvalue weighted by molar-refractivity contribution is -0.0374. The number of hydrogen-bond acceptors (Lipinski definition) is 7. The van der Waals surface area contributed by atoms with Crippen LogP contribution in [0, 0.1) is 0 Å². The number of nitrogens with zero attached hydrogens (tertiary/aromatic N) is 3. The van der Waals surface area contributed by atoms with Gasteiger partial charge in [0.1, 0.15) is 6.61 Å². The van der Waals surface area contributed by atoms with E-state index in [-0.39, 0.29) is 24.0 Å². The zero-order valence-corrected chi connectivity index (χ0v) is 11.7. The topological polar surface area (TPSA) is 92.2 Å². The monoisotopic (exact) mass is 291 g/mol. The largest absolute Gasteiger partial charge is 0.461 e. The lowest BCUT2D eigenvalue weighted by Crippen LogP contribution is -2.31. The Kier molecular flexibility index (Phi) is 5.81. The molecule has 114 valence electrons. The zero-order valence-electron chi connectivity index (χ0n) is 11.7. The van der Waals surface area contributed by atoms with Crippen molar-refractivity contribution >= 4 is 11.9 Å². The minimum absolute atomic E-state index is 0.0419. The predicted octanol–water partition coefficient (Wildman–Crippen LogP) is 1.13. The molecule has 0 aliphatic carbocycles. The number of hydrogen-bond donors (Lipinski definition) is 3. The zero-order chi connectivity index (χ0) is 15.2. The van der Waals surface area contributed by atoms with Crippen LogP contribution in [0.1, 0.15) is 20.8 Å². The van der Waals surface area contributed by atoms with Crippen molar-refractivity contribution in [3.05, 3.63) is 0 Å². The van der Waals surface area contributed by atoms with Gasteiger partial charge in [0, 0.05) is 6.54 Å². The van der Waals surface area contributed by atoms with Crippen LogP contribution in [0.25, 0.3) is 0 Å². The number of ether oxygens (including phenoxy) is 1. The summed E-state index contributed by atoms with van der Waals surface area (Å²) in [7, 11) is 0. The second-order valence-electron chi connectivity index (χ2n) is 4.33. The van der Waals surface area contributed by atoms with Gasteiger partial charge in [-0.05, 0) is 20.8 Å². The molecule has 0 aliphatic rings. The van der Waals surface area contributed by atoms with E-state index in [1.54, 1.807) is 13.8 Å². The average molecular weight is 291 g/mol. The molecule has 1 rings (SSSR count). The van der Waals surface area contributed by atoms with Crippen LogP contribution in [0.2, 0.25) is 0 Å². The van der Waals surface area contributed by atoms with Crippen LogP contribution in [0.3, 0.4) is 0 Å². The van der Waals surface area contributed by atoms with Crippen molar-refractivity contribution < 1.29 is 18.6 Å². The average Bonchev–Trinajstić information content (AvgIpc) is 2.36. The molecule has 0 fully saturated rings. The highest BCUT2D eigenvalue weighted by Crippen LogP contribution is 2.16. The van der Waals surface area contributed by atoms with Crippen molar-refractivity contribution in [1.82, 2.24) is 15.0 Å². The summed E-state index contributed by atoms with van der Waals surface area (Å²) in [4.78, 5) is 11.8. The minimum atomic E-state index is -3.25. The van der Waals surface area contributed by atoms with Crippen molar-refractivity contribution in [2.45, 2.75) is 32.8 Å². The maximum Gasteiger partial charge on any atom is 0.323 e. The number of anilines is 2. The van der Waals surface area contributed by atoms with E-state index in [4.69, 9.17) is 9.84 Å². The first kappa shape index (κ1) is 16.3. The Hall–Kier alpha value is -1.77. The second kappa shape index (κ2) is 7.13. The molecule has 0 radical (unpaired) electrons. The van der Waals surface area contributed by atoms with Crippen molar-refractivity contribution in [3.63, 3.8) is 0 Å². The van der Waals surface area contributed by atoms with E-state index in [9.17, 15) is 8.78 Å². The molecular weight excluding hydrogens is 272 g/mol. The number of halogens is 2. The summed E-state index contributed by atoms with van der Waals surface area (Å²) in [5.41, 5.74) is 0. The van der Waals surface area contributed by atoms with Crippen LogP contribution in [0.15, 0.2) is 0 Å². The minimum Gasteiger partial charge on any atom is -0.461 e. The Labute approximate surface area is 115 Å². The normalized spacial score (nSPS) is 11.6. The van der Waals surface area contributed by atoms with Gasteiger partial charge in [-0.15, -0.1) is 0 Å². The van der Waals surface area contributed by atoms with Gasteiger partial charge in [-0.1, -0.05) is 0 Å². The number of aliphatic hydroxyl groups is 1. The van der Waals surface area contributed by atoms with E-state index in [0.29, 0.717) is 6.54 Å². The molecule has 0 aliphatic heterocycles. The Morgan fingerprint density at radius 2 is 1.80 bits per heavy atom. The van der Waals surface area contributed by atoms with Gasteiger partial charge in [0.15, 0.2) is 0 Å². The number of aromatic nitrogens is 3. The summed E-state index contributed by atoms with van der Waals surface area (Å²) in [6.07, 6.45) is -0.154. The van der Waals surface area contributed by atoms with Crippen LogP contribution < -0.4 is 15.4 Å². The molecule has 9 heteroatoms. The summed E-state index contributed by atoms with van der Waals surface area (Å²) in [6, 6.07) is 0.0424. The second-order valence-corrected chi connectivity index (χ2v) is 4.33. The lowest BCUT2D eigenvalue weighted by Gasteiger charge is -2.15. The Balaban J connectivity index is 2.85. The van der Waals surface area contributed by atoms with E-state index in [1.807, 2.05) is 6.92 Å². The van der Waals surface area contributed by atoms with Crippen LogP contribution >= 0.6 is 0 Å². The fourth-order valence-electron chi connectivity index (χ4n) is 1.20. The van der Waals surface area contributed by atoms with Gasteiger partial charge in [-0.25, -0.2) is 8.78 Å². The van der Waals surface area contributed by atoms with E-state index >= 15 is 0 Å². The summed E-state index contributed by atoms with van der Waals surface area (Å²) in [5, 5.41) is 13.7. The van der Waals surface area contributed by atoms with Crippen molar-refractivity contribution in [2.24, 2.45) is 0 Å². The summed E-state index contributed by atoms with van der Waals surface area (Å²) in [5.74, 6) is -3.06. The molecule has 1 heterocycles. The molecule has 0 spiro atoms. The third-order valence-corrected chi connectivity index (χ3v) is 2.03. The molecule has 20 heavy (non-hydrogen) atoms. The van der Waals surface area contributed by atoms with Gasteiger partial charge in [-0.2, -0.15) is 15.0 Å². The Morgan fingerprint density at radius 3 is 2.30 bits per heavy atom. The van der Waals surface area contributed by atoms with E-state index in [0.717, 1.165) is 0 Å². The Bertz CT molecular complexity index is 431. The standard InChI is InChI=1S/C11H19F2N5O2/c1-4-14-8-16-9(15-5-11(12,13)6-19)18-10(17-8)20-7(2)3/h7,19H,4-6H2,1-3H3,(H2,14,15,16,17,18). The number of rotatable bonds is 8. The van der Waals surface area contributed by atoms with Crippen LogP contribution in [0.4, 0.5) is 20.7 Å². The van der Waals surface area contributed by atoms with Crippen LogP contribution in [-0.2, 0) is 0 Å². The molecule has 1 aromatic rings. The molecule has 0 unspecified atom stereocenters. The van der Waals surface area contributed by atoms with E-state index in [1.165, 1.54) is 0 Å². The summed E-state index contributed by atoms with van der Waals surface area (Å²) < 4.78 is 31.3. The van der Waals surface area contributed by atoms with Crippen molar-refractivity contribution in [1.29, 1.82) is 0 Å². The number of nitrogens with one attached hydrogen (secondary N) is 2. The number of alkyl halides is 2. The first-order valence-corrected chi connectivity index (χ1v) is 6.25. The third-order valence-electron chi connectivity index (χ3n) is 2.03. The van der Waals surface area contributed by atoms with Gasteiger partial charge < -0.3 is 20.5 Å². The molecule has 0 atom stereocenters. The molecular formula is C11H19F2N5O2. The van der Waals surface area contributed by atoms with Gasteiger partial charge in [0.25, 0.3) is 5.92 Å². The highest BCUT2D eigenvalue weighted by molar-refractivity contribution is 5.36. The first-order chi connectivity index (χ1) is 9.36. The molecule has 3 N–H and O–H groups in total.